The highest BCUT2D eigenvalue weighted by atomic mass is 32.2. The molecule has 2 N–H and O–H groups in total. The van der Waals surface area contributed by atoms with E-state index in [1.807, 2.05) is 0 Å². The Labute approximate surface area is 129 Å². The second-order valence-electron chi connectivity index (χ2n) is 5.02. The molecule has 0 bridgehead atoms. The predicted octanol–water partition coefficient (Wildman–Crippen LogP) is 1.10. The van der Waals surface area contributed by atoms with Crippen molar-refractivity contribution >= 4 is 38.6 Å². The number of sulfonamides is 1. The fourth-order valence-electron chi connectivity index (χ4n) is 2.18. The number of rotatable bonds is 4. The molecule has 1 saturated heterocycles. The van der Waals surface area contributed by atoms with Crippen molar-refractivity contribution in [2.45, 2.75) is 24.1 Å². The van der Waals surface area contributed by atoms with Crippen LogP contribution in [-0.4, -0.2) is 54.8 Å². The molecule has 1 aromatic rings. The zero-order valence-electron chi connectivity index (χ0n) is 11.6. The molecule has 2 heterocycles. The van der Waals surface area contributed by atoms with E-state index in [0.29, 0.717) is 28.2 Å². The second-order valence-corrected chi connectivity index (χ2v) is 8.71. The fraction of sp³-hybridized carbons (Fsp3) is 0.583. The Balaban J connectivity index is 2.13. The molecule has 1 aromatic heterocycles. The van der Waals surface area contributed by atoms with E-state index in [9.17, 15) is 8.42 Å². The number of nitrogens with two attached hydrogens (primary N) is 1. The number of thiophene rings is 1. The first-order valence-electron chi connectivity index (χ1n) is 6.46. The summed E-state index contributed by atoms with van der Waals surface area (Å²) < 4.78 is 26.9. The maximum atomic E-state index is 12.5. The number of hydrogen-bond acceptors (Lipinski definition) is 5. The van der Waals surface area contributed by atoms with Gasteiger partial charge < -0.3 is 5.73 Å². The summed E-state index contributed by atoms with van der Waals surface area (Å²) >= 11 is 6.01. The summed E-state index contributed by atoms with van der Waals surface area (Å²) in [5.74, 6) is 0. The summed E-state index contributed by atoms with van der Waals surface area (Å²) in [5.41, 5.74) is 5.53. The molecule has 112 valence electrons. The highest BCUT2D eigenvalue weighted by Gasteiger charge is 2.30. The van der Waals surface area contributed by atoms with Gasteiger partial charge in [-0.05, 0) is 26.0 Å². The molecule has 0 spiro atoms. The highest BCUT2D eigenvalue weighted by Crippen LogP contribution is 2.25. The largest absolute Gasteiger partial charge is 0.389 e. The number of hydrogen-bond donors (Lipinski definition) is 1. The van der Waals surface area contributed by atoms with Crippen molar-refractivity contribution in [2.75, 3.05) is 26.2 Å². The van der Waals surface area contributed by atoms with Gasteiger partial charge in [-0.3, -0.25) is 4.90 Å². The summed E-state index contributed by atoms with van der Waals surface area (Å²) in [7, 11) is -3.41. The first kappa shape index (κ1) is 15.8. The van der Waals surface area contributed by atoms with Crippen LogP contribution >= 0.6 is 23.6 Å². The standard InChI is InChI=1S/C12H19N3O2S3/c1-9(2)14-5-7-15(8-6-14)20(16,17)11-4-3-10(19-11)12(13)18/h3-4,9H,5-8H2,1-2H3,(H2,13,18). The fourth-order valence-corrected chi connectivity index (χ4v) is 5.11. The van der Waals surface area contributed by atoms with Crippen LogP contribution in [-0.2, 0) is 10.0 Å². The maximum Gasteiger partial charge on any atom is 0.252 e. The van der Waals surface area contributed by atoms with Crippen molar-refractivity contribution in [1.29, 1.82) is 0 Å². The average Bonchev–Trinajstić information content (AvgIpc) is 2.89. The Bertz CT molecular complexity index is 587. The van der Waals surface area contributed by atoms with Crippen LogP contribution in [0.5, 0.6) is 0 Å². The van der Waals surface area contributed by atoms with Crippen molar-refractivity contribution in [3.63, 3.8) is 0 Å². The molecule has 0 aromatic carbocycles. The molecule has 0 atom stereocenters. The van der Waals surface area contributed by atoms with Crippen molar-refractivity contribution in [2.24, 2.45) is 5.73 Å². The minimum absolute atomic E-state index is 0.237. The summed E-state index contributed by atoms with van der Waals surface area (Å²) in [6, 6.07) is 3.70. The van der Waals surface area contributed by atoms with Crippen LogP contribution < -0.4 is 5.73 Å². The molecular weight excluding hydrogens is 314 g/mol. The summed E-state index contributed by atoms with van der Waals surface area (Å²) in [6.45, 7) is 6.84. The lowest BCUT2D eigenvalue weighted by atomic mass is 10.3. The molecule has 0 radical (unpaired) electrons. The Morgan fingerprint density at radius 3 is 2.35 bits per heavy atom. The van der Waals surface area contributed by atoms with Gasteiger partial charge in [0.1, 0.15) is 9.20 Å². The Morgan fingerprint density at radius 2 is 1.90 bits per heavy atom. The Kier molecular flexibility index (Phi) is 4.80. The van der Waals surface area contributed by atoms with Crippen LogP contribution in [0.25, 0.3) is 0 Å². The summed E-state index contributed by atoms with van der Waals surface area (Å²) in [4.78, 5) is 3.15. The molecule has 1 aliphatic rings. The third-order valence-corrected chi connectivity index (χ3v) is 7.26. The van der Waals surface area contributed by atoms with Gasteiger partial charge >= 0.3 is 0 Å². The predicted molar refractivity (Wildman–Crippen MR) is 85.7 cm³/mol. The third kappa shape index (κ3) is 3.20. The van der Waals surface area contributed by atoms with Crippen LogP contribution in [0.3, 0.4) is 0 Å². The molecular formula is C12H19N3O2S3. The molecule has 1 fully saturated rings. The number of thiocarbonyl (C=S) groups is 1. The van der Waals surface area contributed by atoms with E-state index < -0.39 is 10.0 Å². The third-order valence-electron chi connectivity index (χ3n) is 3.42. The van der Waals surface area contributed by atoms with Gasteiger partial charge in [-0.15, -0.1) is 11.3 Å². The molecule has 0 aliphatic carbocycles. The van der Waals surface area contributed by atoms with E-state index in [0.717, 1.165) is 24.4 Å². The molecule has 8 heteroatoms. The number of piperazine rings is 1. The first-order valence-corrected chi connectivity index (χ1v) is 9.12. The quantitative estimate of drug-likeness (QED) is 0.836. The summed E-state index contributed by atoms with van der Waals surface area (Å²) in [6.07, 6.45) is 0. The van der Waals surface area contributed by atoms with E-state index in [4.69, 9.17) is 18.0 Å². The smallest absolute Gasteiger partial charge is 0.252 e. The molecule has 20 heavy (non-hydrogen) atoms. The van der Waals surface area contributed by atoms with Crippen molar-refractivity contribution < 1.29 is 8.42 Å². The lowest BCUT2D eigenvalue weighted by Crippen LogP contribution is -2.50. The van der Waals surface area contributed by atoms with E-state index in [1.165, 1.54) is 0 Å². The zero-order chi connectivity index (χ0) is 14.9. The lowest BCUT2D eigenvalue weighted by molar-refractivity contribution is 0.154. The molecule has 1 aliphatic heterocycles. The van der Waals surface area contributed by atoms with Gasteiger partial charge in [-0.25, -0.2) is 8.42 Å². The van der Waals surface area contributed by atoms with Crippen molar-refractivity contribution in [3.05, 3.63) is 17.0 Å². The van der Waals surface area contributed by atoms with Gasteiger partial charge in [0.2, 0.25) is 0 Å². The monoisotopic (exact) mass is 333 g/mol. The van der Waals surface area contributed by atoms with Crippen LogP contribution in [0.4, 0.5) is 0 Å². The lowest BCUT2D eigenvalue weighted by Gasteiger charge is -2.35. The van der Waals surface area contributed by atoms with Crippen LogP contribution in [0.2, 0.25) is 0 Å². The first-order chi connectivity index (χ1) is 9.32. The van der Waals surface area contributed by atoms with E-state index in [2.05, 4.69) is 18.7 Å². The minimum atomic E-state index is -3.41. The van der Waals surface area contributed by atoms with Gasteiger partial charge in [-0.2, -0.15) is 4.31 Å². The van der Waals surface area contributed by atoms with E-state index in [1.54, 1.807) is 16.4 Å². The van der Waals surface area contributed by atoms with Crippen LogP contribution in [0.1, 0.15) is 18.7 Å². The normalized spacial score (nSPS) is 18.6. The van der Waals surface area contributed by atoms with Gasteiger partial charge in [0, 0.05) is 32.2 Å². The Morgan fingerprint density at radius 1 is 1.30 bits per heavy atom. The van der Waals surface area contributed by atoms with E-state index >= 15 is 0 Å². The number of nitrogens with zero attached hydrogens (tertiary/aromatic N) is 2. The topological polar surface area (TPSA) is 66.6 Å². The highest BCUT2D eigenvalue weighted by molar-refractivity contribution is 7.91. The zero-order valence-corrected chi connectivity index (χ0v) is 14.0. The van der Waals surface area contributed by atoms with Gasteiger partial charge in [0.25, 0.3) is 10.0 Å². The SMILES string of the molecule is CC(C)N1CCN(S(=O)(=O)c2ccc(C(N)=S)s2)CC1. The second kappa shape index (κ2) is 6.07. The average molecular weight is 334 g/mol. The Hall–Kier alpha value is -0.540. The molecule has 2 rings (SSSR count). The van der Waals surface area contributed by atoms with Crippen LogP contribution in [0.15, 0.2) is 16.3 Å². The van der Waals surface area contributed by atoms with Crippen molar-refractivity contribution in [3.8, 4) is 0 Å². The van der Waals surface area contributed by atoms with Gasteiger partial charge in [-0.1, -0.05) is 12.2 Å². The molecule has 0 saturated carbocycles. The van der Waals surface area contributed by atoms with Gasteiger partial charge in [0.05, 0.1) is 4.88 Å². The van der Waals surface area contributed by atoms with Gasteiger partial charge in [0.15, 0.2) is 0 Å². The maximum absolute atomic E-state index is 12.5. The van der Waals surface area contributed by atoms with E-state index in [-0.39, 0.29) is 4.99 Å². The summed E-state index contributed by atoms with van der Waals surface area (Å²) in [5, 5.41) is 0. The molecule has 5 nitrogen and oxygen atoms in total. The minimum Gasteiger partial charge on any atom is -0.389 e. The molecule has 0 unspecified atom stereocenters. The van der Waals surface area contributed by atoms with Crippen molar-refractivity contribution in [1.82, 2.24) is 9.21 Å². The van der Waals surface area contributed by atoms with Crippen LogP contribution in [0, 0.1) is 0 Å². The molecule has 0 amide bonds.